The van der Waals surface area contributed by atoms with Crippen LogP contribution in [0.1, 0.15) is 19.8 Å². The molecular weight excluding hydrogens is 388 g/mol. The minimum absolute atomic E-state index is 0.167. The highest BCUT2D eigenvalue weighted by molar-refractivity contribution is 7.90. The van der Waals surface area contributed by atoms with Gasteiger partial charge in [-0.3, -0.25) is 4.79 Å². The molecule has 28 heavy (non-hydrogen) atoms. The molecule has 0 bridgehead atoms. The number of nitrogens with one attached hydrogen (secondary N) is 1. The van der Waals surface area contributed by atoms with Crippen LogP contribution in [0.4, 0.5) is 4.79 Å². The molecular formula is C17H28N4O6S. The minimum atomic E-state index is -3.35. The highest BCUT2D eigenvalue weighted by Crippen LogP contribution is 2.21. The fourth-order valence-corrected chi connectivity index (χ4v) is 3.85. The van der Waals surface area contributed by atoms with Crippen LogP contribution in [0.5, 0.6) is 0 Å². The Bertz CT molecular complexity index is 716. The zero-order valence-corrected chi connectivity index (χ0v) is 17.2. The maximum absolute atomic E-state index is 12.8. The number of likely N-dealkylation sites (tertiary alicyclic amines) is 1. The summed E-state index contributed by atoms with van der Waals surface area (Å²) in [6.07, 6.45) is -0.631. The summed E-state index contributed by atoms with van der Waals surface area (Å²) >= 11 is 0. The zero-order valence-electron chi connectivity index (χ0n) is 16.3. The molecule has 0 aliphatic carbocycles. The van der Waals surface area contributed by atoms with Gasteiger partial charge in [0.2, 0.25) is 0 Å². The fourth-order valence-electron chi connectivity index (χ4n) is 3.20. The topological polar surface area (TPSA) is 129 Å². The van der Waals surface area contributed by atoms with Crippen molar-refractivity contribution in [3.63, 3.8) is 0 Å². The lowest BCUT2D eigenvalue weighted by Crippen LogP contribution is -2.54. The number of ether oxygens (including phenoxy) is 2. The highest BCUT2D eigenvalue weighted by atomic mass is 32.2. The largest absolute Gasteiger partial charge is 0.436 e. The van der Waals surface area contributed by atoms with Crippen LogP contribution in [0.15, 0.2) is 0 Å². The van der Waals surface area contributed by atoms with Crippen LogP contribution < -0.4 is 5.32 Å². The molecule has 158 valence electrons. The molecule has 0 aromatic rings. The van der Waals surface area contributed by atoms with Crippen molar-refractivity contribution in [2.45, 2.75) is 31.4 Å². The molecule has 2 heterocycles. The van der Waals surface area contributed by atoms with E-state index in [0.29, 0.717) is 45.8 Å². The van der Waals surface area contributed by atoms with Crippen molar-refractivity contribution in [3.05, 3.63) is 0 Å². The number of nitrogens with zero attached hydrogens (tertiary/aromatic N) is 3. The Kier molecular flexibility index (Phi) is 7.63. The van der Waals surface area contributed by atoms with E-state index in [0.717, 1.165) is 12.8 Å². The minimum Gasteiger partial charge on any atom is -0.436 e. The Labute approximate surface area is 165 Å². The van der Waals surface area contributed by atoms with E-state index < -0.39 is 33.5 Å². The van der Waals surface area contributed by atoms with Gasteiger partial charge < -0.3 is 24.6 Å². The number of hydrogen-bond donors (Lipinski definition) is 1. The first kappa shape index (κ1) is 22.4. The van der Waals surface area contributed by atoms with Gasteiger partial charge in [0.1, 0.15) is 15.4 Å². The monoisotopic (exact) mass is 416 g/mol. The van der Waals surface area contributed by atoms with Gasteiger partial charge in [-0.1, -0.05) is 6.92 Å². The average molecular weight is 417 g/mol. The molecule has 2 rings (SSSR count). The molecule has 10 nitrogen and oxygen atoms in total. The van der Waals surface area contributed by atoms with Crippen LogP contribution >= 0.6 is 0 Å². The molecule has 0 aromatic heterocycles. The zero-order chi connectivity index (χ0) is 20.8. The van der Waals surface area contributed by atoms with E-state index in [2.05, 4.69) is 11.4 Å². The van der Waals surface area contributed by atoms with Crippen molar-refractivity contribution < 1.29 is 27.5 Å². The second-order valence-electron chi connectivity index (χ2n) is 7.19. The number of likely N-dealkylation sites (N-methyl/N-ethyl adjacent to an activating group) is 1. The third kappa shape index (κ3) is 6.32. The van der Waals surface area contributed by atoms with Crippen LogP contribution in [-0.4, -0.2) is 99.8 Å². The highest BCUT2D eigenvalue weighted by Gasteiger charge is 2.41. The number of nitriles is 1. The van der Waals surface area contributed by atoms with Crippen molar-refractivity contribution in [3.8, 4) is 6.07 Å². The number of morpholine rings is 1. The van der Waals surface area contributed by atoms with Crippen molar-refractivity contribution in [1.29, 1.82) is 5.26 Å². The number of rotatable bonds is 7. The maximum Gasteiger partial charge on any atom is 0.410 e. The smallest absolute Gasteiger partial charge is 0.410 e. The third-order valence-corrected chi connectivity index (χ3v) is 5.90. The SMILES string of the molecule is CCN1CCC(C#N)(NC(=O)C(CCS(C)(=O)=O)OC(=O)N2CCOCC2)C1. The molecule has 2 atom stereocenters. The normalized spacial score (nSPS) is 24.4. The summed E-state index contributed by atoms with van der Waals surface area (Å²) in [6, 6.07) is 2.16. The van der Waals surface area contributed by atoms with Crippen LogP contribution in [0, 0.1) is 11.3 Å². The predicted molar refractivity (Wildman–Crippen MR) is 100 cm³/mol. The van der Waals surface area contributed by atoms with Crippen molar-refractivity contribution >= 4 is 21.8 Å². The average Bonchev–Trinajstić information content (AvgIpc) is 3.08. The van der Waals surface area contributed by atoms with Crippen molar-refractivity contribution in [2.75, 3.05) is 57.9 Å². The number of sulfone groups is 1. The molecule has 0 aromatic carbocycles. The van der Waals surface area contributed by atoms with Crippen molar-refractivity contribution in [1.82, 2.24) is 15.1 Å². The molecule has 11 heteroatoms. The van der Waals surface area contributed by atoms with Gasteiger partial charge in [-0.25, -0.2) is 13.2 Å². The van der Waals surface area contributed by atoms with Gasteiger partial charge in [-0.15, -0.1) is 0 Å². The Morgan fingerprint density at radius 2 is 2.00 bits per heavy atom. The van der Waals surface area contributed by atoms with Gasteiger partial charge in [0.15, 0.2) is 6.10 Å². The molecule has 0 radical (unpaired) electrons. The van der Waals surface area contributed by atoms with E-state index in [9.17, 15) is 23.3 Å². The Morgan fingerprint density at radius 3 is 2.54 bits per heavy atom. The van der Waals surface area contributed by atoms with Gasteiger partial charge in [-0.05, 0) is 13.0 Å². The number of carbonyl (C=O) groups is 2. The molecule has 1 N–H and O–H groups in total. The van der Waals surface area contributed by atoms with E-state index in [1.165, 1.54) is 4.90 Å². The predicted octanol–water partition coefficient (Wildman–Crippen LogP) is -0.637. The van der Waals surface area contributed by atoms with E-state index in [1.807, 2.05) is 11.8 Å². The Balaban J connectivity index is 2.07. The van der Waals surface area contributed by atoms with Gasteiger partial charge in [0.05, 0.1) is 25.0 Å². The lowest BCUT2D eigenvalue weighted by Gasteiger charge is -2.29. The van der Waals surface area contributed by atoms with Crippen LogP contribution in [0.2, 0.25) is 0 Å². The molecule has 2 amide bonds. The van der Waals surface area contributed by atoms with Crippen LogP contribution in [0.25, 0.3) is 0 Å². The summed E-state index contributed by atoms with van der Waals surface area (Å²) in [6.45, 7) is 5.20. The first-order valence-corrected chi connectivity index (χ1v) is 11.4. The second kappa shape index (κ2) is 9.54. The molecule has 2 aliphatic heterocycles. The molecule has 2 aliphatic rings. The molecule has 0 spiro atoms. The lowest BCUT2D eigenvalue weighted by molar-refractivity contribution is -0.131. The molecule has 2 unspecified atom stereocenters. The molecule has 0 saturated carbocycles. The Morgan fingerprint density at radius 1 is 1.32 bits per heavy atom. The summed E-state index contributed by atoms with van der Waals surface area (Å²) < 4.78 is 33.6. The quantitative estimate of drug-likeness (QED) is 0.580. The van der Waals surface area contributed by atoms with Gasteiger partial charge in [0.25, 0.3) is 5.91 Å². The summed E-state index contributed by atoms with van der Waals surface area (Å²) in [7, 11) is -3.35. The van der Waals surface area contributed by atoms with Crippen LogP contribution in [-0.2, 0) is 24.1 Å². The molecule has 2 saturated heterocycles. The number of amides is 2. The fraction of sp³-hybridized carbons (Fsp3) is 0.824. The van der Waals surface area contributed by atoms with Gasteiger partial charge in [-0.2, -0.15) is 5.26 Å². The first-order valence-electron chi connectivity index (χ1n) is 9.35. The standard InChI is InChI=1S/C17H28N4O6S/c1-3-20-6-5-17(12-18,13-20)19-15(22)14(4-11-28(2,24)25)27-16(23)21-7-9-26-10-8-21/h14H,3-11,13H2,1-2H3,(H,19,22). The van der Waals surface area contributed by atoms with Gasteiger partial charge in [0, 0.05) is 38.9 Å². The Hall–Kier alpha value is -1.90. The number of carbonyl (C=O) groups excluding carboxylic acids is 2. The van der Waals surface area contributed by atoms with Crippen LogP contribution in [0.3, 0.4) is 0 Å². The van der Waals surface area contributed by atoms with E-state index in [1.54, 1.807) is 0 Å². The summed E-state index contributed by atoms with van der Waals surface area (Å²) in [5, 5.41) is 12.3. The third-order valence-electron chi connectivity index (χ3n) is 4.93. The number of hydrogen-bond acceptors (Lipinski definition) is 8. The second-order valence-corrected chi connectivity index (χ2v) is 9.45. The maximum atomic E-state index is 12.8. The van der Waals surface area contributed by atoms with E-state index >= 15 is 0 Å². The summed E-state index contributed by atoms with van der Waals surface area (Å²) in [5.74, 6) is -0.952. The summed E-state index contributed by atoms with van der Waals surface area (Å²) in [5.41, 5.74) is -1.07. The van der Waals surface area contributed by atoms with E-state index in [-0.39, 0.29) is 12.2 Å². The summed E-state index contributed by atoms with van der Waals surface area (Å²) in [4.78, 5) is 28.6. The van der Waals surface area contributed by atoms with Gasteiger partial charge >= 0.3 is 6.09 Å². The first-order chi connectivity index (χ1) is 13.2. The lowest BCUT2D eigenvalue weighted by atomic mass is 10.00. The molecule has 2 fully saturated rings. The van der Waals surface area contributed by atoms with Crippen molar-refractivity contribution in [2.24, 2.45) is 0 Å². The van der Waals surface area contributed by atoms with E-state index in [4.69, 9.17) is 9.47 Å².